The maximum absolute atomic E-state index is 5.96. The van der Waals surface area contributed by atoms with Gasteiger partial charge >= 0.3 is 0 Å². The average molecular weight is 487 g/mol. The third-order valence-corrected chi connectivity index (χ3v) is 5.57. The van der Waals surface area contributed by atoms with Crippen LogP contribution in [0.15, 0.2) is 29.3 Å². The van der Waals surface area contributed by atoms with Crippen LogP contribution in [0, 0.1) is 0 Å². The fraction of sp³-hybridized carbons (Fsp3) is 0.650. The first-order chi connectivity index (χ1) is 12.8. The summed E-state index contributed by atoms with van der Waals surface area (Å²) in [7, 11) is 1.86. The van der Waals surface area contributed by atoms with Crippen molar-refractivity contribution in [3.8, 4) is 5.75 Å². The van der Waals surface area contributed by atoms with Gasteiger partial charge in [0.05, 0.1) is 19.3 Å². The van der Waals surface area contributed by atoms with Crippen LogP contribution in [0.3, 0.4) is 0 Å². The summed E-state index contributed by atoms with van der Waals surface area (Å²) in [6.45, 7) is 4.95. The molecule has 6 nitrogen and oxygen atoms in total. The molecule has 2 saturated heterocycles. The van der Waals surface area contributed by atoms with Gasteiger partial charge in [0, 0.05) is 39.2 Å². The van der Waals surface area contributed by atoms with Crippen LogP contribution in [0.5, 0.6) is 5.75 Å². The molecular formula is C20H30IN3O3. The van der Waals surface area contributed by atoms with Crippen molar-refractivity contribution in [3.63, 3.8) is 0 Å². The fourth-order valence-electron chi connectivity index (χ4n) is 4.16. The maximum Gasteiger partial charge on any atom is 0.193 e. The zero-order valence-electron chi connectivity index (χ0n) is 15.9. The Bertz CT molecular complexity index is 637. The van der Waals surface area contributed by atoms with Crippen molar-refractivity contribution in [2.75, 3.05) is 46.5 Å². The van der Waals surface area contributed by atoms with E-state index in [4.69, 9.17) is 14.2 Å². The predicted octanol–water partition coefficient (Wildman–Crippen LogP) is 2.63. The van der Waals surface area contributed by atoms with Crippen LogP contribution < -0.4 is 10.1 Å². The van der Waals surface area contributed by atoms with Crippen molar-refractivity contribution in [1.82, 2.24) is 10.2 Å². The number of hydrogen-bond acceptors (Lipinski definition) is 4. The highest BCUT2D eigenvalue weighted by Gasteiger charge is 2.32. The second-order valence-corrected chi connectivity index (χ2v) is 7.21. The smallest absolute Gasteiger partial charge is 0.193 e. The highest BCUT2D eigenvalue weighted by Crippen LogP contribution is 2.32. The van der Waals surface area contributed by atoms with E-state index in [2.05, 4.69) is 33.4 Å². The van der Waals surface area contributed by atoms with Crippen LogP contribution in [-0.4, -0.2) is 69.6 Å². The molecule has 0 amide bonds. The van der Waals surface area contributed by atoms with Crippen molar-refractivity contribution in [1.29, 1.82) is 0 Å². The monoisotopic (exact) mass is 487 g/mol. The van der Waals surface area contributed by atoms with Crippen molar-refractivity contribution >= 4 is 29.9 Å². The van der Waals surface area contributed by atoms with E-state index >= 15 is 0 Å². The molecule has 1 N–H and O–H groups in total. The molecule has 3 atom stereocenters. The molecule has 0 spiro atoms. The molecule has 0 radical (unpaired) electrons. The number of hydrogen-bond donors (Lipinski definition) is 1. The van der Waals surface area contributed by atoms with Crippen LogP contribution in [-0.2, 0) is 9.47 Å². The van der Waals surface area contributed by atoms with Gasteiger partial charge in [0.15, 0.2) is 5.96 Å². The van der Waals surface area contributed by atoms with E-state index in [1.807, 2.05) is 13.1 Å². The topological polar surface area (TPSA) is 55.3 Å². The summed E-state index contributed by atoms with van der Waals surface area (Å²) in [4.78, 5) is 6.82. The van der Waals surface area contributed by atoms with E-state index in [0.717, 1.165) is 70.4 Å². The van der Waals surface area contributed by atoms with Gasteiger partial charge < -0.3 is 24.4 Å². The molecular weight excluding hydrogens is 457 g/mol. The third-order valence-electron chi connectivity index (χ3n) is 5.57. The number of benzene rings is 1. The molecule has 0 bridgehead atoms. The minimum atomic E-state index is 0. The minimum Gasteiger partial charge on any atom is -0.493 e. The number of nitrogens with zero attached hydrogens (tertiary/aromatic N) is 2. The Labute approximate surface area is 178 Å². The SMILES string of the molecule is CN=C(NCC1CCOc2ccccc21)N1CCOC(C2CCCO2)C1.I. The molecule has 1 aromatic carbocycles. The zero-order valence-corrected chi connectivity index (χ0v) is 18.3. The second-order valence-electron chi connectivity index (χ2n) is 7.21. The number of halogens is 1. The number of fused-ring (bicyclic) bond motifs is 1. The normalized spacial score (nSPS) is 28.1. The Morgan fingerprint density at radius 2 is 2.00 bits per heavy atom. The predicted molar refractivity (Wildman–Crippen MR) is 116 cm³/mol. The largest absolute Gasteiger partial charge is 0.493 e. The number of aliphatic imine (C=N–C) groups is 1. The lowest BCUT2D eigenvalue weighted by Crippen LogP contribution is -2.53. The number of guanidine groups is 1. The van der Waals surface area contributed by atoms with Gasteiger partial charge in [-0.25, -0.2) is 0 Å². The quantitative estimate of drug-likeness (QED) is 0.404. The van der Waals surface area contributed by atoms with Gasteiger partial charge in [-0.15, -0.1) is 24.0 Å². The van der Waals surface area contributed by atoms with E-state index in [0.29, 0.717) is 5.92 Å². The Morgan fingerprint density at radius 1 is 1.15 bits per heavy atom. The Hall–Kier alpha value is -1.06. The molecule has 0 saturated carbocycles. The van der Waals surface area contributed by atoms with Crippen LogP contribution in [0.1, 0.15) is 30.7 Å². The number of para-hydroxylation sites is 1. The Kier molecular flexibility index (Phi) is 7.60. The third kappa shape index (κ3) is 4.86. The molecule has 27 heavy (non-hydrogen) atoms. The van der Waals surface area contributed by atoms with Gasteiger partial charge in [-0.3, -0.25) is 4.99 Å². The minimum absolute atomic E-state index is 0. The second kappa shape index (κ2) is 9.93. The van der Waals surface area contributed by atoms with E-state index in [1.165, 1.54) is 5.56 Å². The van der Waals surface area contributed by atoms with Gasteiger partial charge in [0.1, 0.15) is 11.9 Å². The molecule has 3 aliphatic heterocycles. The summed E-state index contributed by atoms with van der Waals surface area (Å²) < 4.78 is 17.6. The Morgan fingerprint density at radius 3 is 2.81 bits per heavy atom. The number of nitrogens with one attached hydrogen (secondary N) is 1. The fourth-order valence-corrected chi connectivity index (χ4v) is 4.16. The van der Waals surface area contributed by atoms with E-state index < -0.39 is 0 Å². The maximum atomic E-state index is 5.96. The van der Waals surface area contributed by atoms with E-state index in [9.17, 15) is 0 Å². The van der Waals surface area contributed by atoms with Crippen molar-refractivity contribution in [2.45, 2.75) is 37.4 Å². The molecule has 0 aliphatic carbocycles. The summed E-state index contributed by atoms with van der Waals surface area (Å²) in [6.07, 6.45) is 3.65. The van der Waals surface area contributed by atoms with Gasteiger partial charge in [-0.2, -0.15) is 0 Å². The lowest BCUT2D eigenvalue weighted by Gasteiger charge is -2.37. The number of rotatable bonds is 3. The Balaban J connectivity index is 0.00000210. The van der Waals surface area contributed by atoms with Crippen molar-refractivity contribution < 1.29 is 14.2 Å². The van der Waals surface area contributed by atoms with Gasteiger partial charge in [-0.1, -0.05) is 18.2 Å². The van der Waals surface area contributed by atoms with Crippen molar-refractivity contribution in [2.24, 2.45) is 4.99 Å². The summed E-state index contributed by atoms with van der Waals surface area (Å²) in [5.74, 6) is 2.43. The van der Waals surface area contributed by atoms with E-state index in [-0.39, 0.29) is 36.2 Å². The summed E-state index contributed by atoms with van der Waals surface area (Å²) >= 11 is 0. The highest BCUT2D eigenvalue weighted by molar-refractivity contribution is 14.0. The van der Waals surface area contributed by atoms with Crippen LogP contribution in [0.2, 0.25) is 0 Å². The molecule has 3 heterocycles. The molecule has 1 aromatic rings. The standard InChI is InChI=1S/C20H29N3O3.HI/c1-21-20(23-9-12-26-19(14-23)18-7-4-10-24-18)22-13-15-8-11-25-17-6-3-2-5-16(15)17;/h2-3,5-6,15,18-19H,4,7-14H2,1H3,(H,21,22);1H. The van der Waals surface area contributed by atoms with Gasteiger partial charge in [-0.05, 0) is 30.9 Å². The van der Waals surface area contributed by atoms with Gasteiger partial charge in [0.25, 0.3) is 0 Å². The van der Waals surface area contributed by atoms with Crippen molar-refractivity contribution in [3.05, 3.63) is 29.8 Å². The average Bonchev–Trinajstić information content (AvgIpc) is 3.24. The molecule has 3 unspecified atom stereocenters. The van der Waals surface area contributed by atoms with E-state index in [1.54, 1.807) is 0 Å². The summed E-state index contributed by atoms with van der Waals surface area (Å²) in [6, 6.07) is 8.35. The molecule has 0 aromatic heterocycles. The summed E-state index contributed by atoms with van der Waals surface area (Å²) in [5, 5.41) is 3.58. The first-order valence-electron chi connectivity index (χ1n) is 9.75. The summed E-state index contributed by atoms with van der Waals surface area (Å²) in [5.41, 5.74) is 1.29. The van der Waals surface area contributed by atoms with Gasteiger partial charge in [0.2, 0.25) is 0 Å². The molecule has 7 heteroatoms. The molecule has 3 aliphatic rings. The number of ether oxygens (including phenoxy) is 3. The van der Waals surface area contributed by atoms with Crippen LogP contribution in [0.25, 0.3) is 0 Å². The molecule has 150 valence electrons. The molecule has 2 fully saturated rings. The van der Waals surface area contributed by atoms with Crippen LogP contribution >= 0.6 is 24.0 Å². The zero-order chi connectivity index (χ0) is 17.8. The first-order valence-corrected chi connectivity index (χ1v) is 9.75. The lowest BCUT2D eigenvalue weighted by atomic mass is 9.93. The number of morpholine rings is 1. The molecule has 4 rings (SSSR count). The highest BCUT2D eigenvalue weighted by atomic mass is 127. The first kappa shape index (κ1) is 20.7. The lowest BCUT2D eigenvalue weighted by molar-refractivity contribution is -0.0817. The van der Waals surface area contributed by atoms with Crippen LogP contribution in [0.4, 0.5) is 0 Å².